The van der Waals surface area contributed by atoms with Gasteiger partial charge in [0.25, 0.3) is 6.71 Å². The lowest BCUT2D eigenvalue weighted by Crippen LogP contribution is -2.61. The van der Waals surface area contributed by atoms with Crippen LogP contribution in [0.4, 0.5) is 34.1 Å². The van der Waals surface area contributed by atoms with Crippen LogP contribution in [0.5, 0.6) is 0 Å². The van der Waals surface area contributed by atoms with Crippen LogP contribution in [0.3, 0.4) is 0 Å². The fourth-order valence-corrected chi connectivity index (χ4v) is 18.5. The zero-order valence-corrected chi connectivity index (χ0v) is 61.0. The molecule has 2 aliphatic heterocycles. The van der Waals surface area contributed by atoms with Gasteiger partial charge in [0.1, 0.15) is 22.3 Å². The normalized spacial score (nSPS) is 15.0. The van der Waals surface area contributed by atoms with Gasteiger partial charge in [0.15, 0.2) is 0 Å². The van der Waals surface area contributed by atoms with Crippen LogP contribution in [0.2, 0.25) is 0 Å². The molecule has 0 atom stereocenters. The predicted octanol–water partition coefficient (Wildman–Crippen LogP) is 26.7. The van der Waals surface area contributed by atoms with E-state index in [1.807, 2.05) is 36.4 Å². The number of fused-ring (bicyclic) bond motifs is 14. The summed E-state index contributed by atoms with van der Waals surface area (Å²) in [5.41, 5.74) is 28.0. The van der Waals surface area contributed by atoms with Gasteiger partial charge in [0.2, 0.25) is 0 Å². The molecule has 0 spiro atoms. The number of benzene rings is 16. The van der Waals surface area contributed by atoms with E-state index in [1.165, 1.54) is 11.1 Å². The molecule has 520 valence electrons. The topological polar surface area (TPSA) is 37.7 Å². The maximum atomic E-state index is 9.93. The Morgan fingerprint density at radius 3 is 1.32 bits per heavy atom. The fourth-order valence-electron chi connectivity index (χ4n) is 18.5. The summed E-state index contributed by atoms with van der Waals surface area (Å²) in [6, 6.07) is 105. The highest BCUT2D eigenvalue weighted by molar-refractivity contribution is 7.00. The first-order valence-corrected chi connectivity index (χ1v) is 37.9. The molecule has 5 nitrogen and oxygen atoms in total. The fraction of sp³-hybridized carbons (Fsp3) is 0.0769. The van der Waals surface area contributed by atoms with Crippen molar-refractivity contribution in [1.29, 1.82) is 0 Å². The molecule has 3 aromatic heterocycles. The molecule has 0 amide bonds. The van der Waals surface area contributed by atoms with Gasteiger partial charge in [-0.3, -0.25) is 0 Å². The van der Waals surface area contributed by atoms with Crippen LogP contribution in [0, 0.1) is 0 Å². The Hall–Kier alpha value is -13.4. The number of nitrogens with zero attached hydrogens (tertiary/aromatic N) is 3. The molecule has 0 radical (unpaired) electrons. The van der Waals surface area contributed by atoms with E-state index in [2.05, 4.69) is 304 Å². The third kappa shape index (κ3) is 9.88. The summed E-state index contributed by atoms with van der Waals surface area (Å²) >= 11 is 0. The highest BCUT2D eigenvalue weighted by Crippen LogP contribution is 2.56. The Morgan fingerprint density at radius 2 is 0.745 bits per heavy atom. The van der Waals surface area contributed by atoms with E-state index in [9.17, 15) is 8.22 Å². The summed E-state index contributed by atoms with van der Waals surface area (Å²) < 4.78 is 91.6. The standard InChI is InChI=1S/C104H74BN3O2/c1-103(2)55-56-104(3,4)87-60-71(47-51-86(87)103)83-58-72(59-85-82-38-20-24-46-97(82)110-102(83)85)73-62-94-99-95(63-73)108(101-77(67-31-13-7-14-32-67)41-26-42-78(101)68-33-15-8-16-34-68)93-64-74(106-90-43-21-17-35-79(90)80-36-18-22-44-91(80)106)50-53-89(93)105(99)88-52-48-70(69-49-54-98-84(57-69)81-37-19-23-45-96(81)109-98)61-92(88)107(94)100-75(65-27-9-5-10-28-65)39-25-40-76(100)66-29-11-6-12-30-66/h5-54,57-64H,55-56H2,1-4H3/i17D,18D,21D,22D,35D,36D,43D,44D. The van der Waals surface area contributed by atoms with E-state index >= 15 is 0 Å². The van der Waals surface area contributed by atoms with Crippen LogP contribution >= 0.6 is 0 Å². The van der Waals surface area contributed by atoms with Crippen molar-refractivity contribution in [2.75, 3.05) is 9.80 Å². The molecule has 0 N–H and O–H groups in total. The Morgan fingerprint density at radius 1 is 0.309 bits per heavy atom. The van der Waals surface area contributed by atoms with Crippen LogP contribution in [0.1, 0.15) is 62.6 Å². The lowest BCUT2D eigenvalue weighted by molar-refractivity contribution is 0.332. The molecule has 6 heteroatoms. The summed E-state index contributed by atoms with van der Waals surface area (Å²) in [6.45, 7) is 8.96. The number of aromatic nitrogens is 1. The van der Waals surface area contributed by atoms with Gasteiger partial charge in [-0.1, -0.05) is 301 Å². The smallest absolute Gasteiger partial charge is 0.252 e. The first kappa shape index (κ1) is 56.0. The molecule has 0 bridgehead atoms. The largest absolute Gasteiger partial charge is 0.456 e. The van der Waals surface area contributed by atoms with Crippen molar-refractivity contribution in [3.05, 3.63) is 363 Å². The highest BCUT2D eigenvalue weighted by atomic mass is 16.3. The highest BCUT2D eigenvalue weighted by Gasteiger charge is 2.46. The lowest BCUT2D eigenvalue weighted by Gasteiger charge is -2.46. The van der Waals surface area contributed by atoms with Crippen molar-refractivity contribution in [3.63, 3.8) is 0 Å². The van der Waals surface area contributed by atoms with Gasteiger partial charge in [-0.05, 0) is 180 Å². The molecule has 0 unspecified atom stereocenters. The molecule has 5 heterocycles. The minimum absolute atomic E-state index is 0.00413. The number of hydrogen-bond donors (Lipinski definition) is 0. The van der Waals surface area contributed by atoms with Gasteiger partial charge >= 0.3 is 0 Å². The zero-order chi connectivity index (χ0) is 80.1. The molecule has 19 aromatic rings. The van der Waals surface area contributed by atoms with E-state index in [0.717, 1.165) is 185 Å². The first-order valence-electron chi connectivity index (χ1n) is 41.9. The summed E-state index contributed by atoms with van der Waals surface area (Å²) in [7, 11) is 0. The monoisotopic (exact) mass is 1420 g/mol. The van der Waals surface area contributed by atoms with Gasteiger partial charge in [-0.2, -0.15) is 0 Å². The molecule has 22 rings (SSSR count). The SMILES string of the molecule is [2H]c1c([2H])c([2H])c2c(c1[2H])c1c([2H])c([2H])c([2H])c([2H])c1n2-c1ccc2c(c1)N(c1c(-c3ccccc3)cccc1-c1ccccc1)c1cc(-c3cc(-c4ccc5c(c4)C(C)(C)CCC5(C)C)c4oc5ccccc5c4c3)cc3c1B2c1ccc(-c2ccc4oc5ccccc5c4c2)cc1N3c1c(-c2ccccc2)cccc1-c1ccccc1. The Balaban J connectivity index is 0.931. The van der Waals surface area contributed by atoms with Gasteiger partial charge in [-0.15, -0.1) is 0 Å². The van der Waals surface area contributed by atoms with Crippen molar-refractivity contribution in [2.24, 2.45) is 0 Å². The number of para-hydroxylation sites is 6. The van der Waals surface area contributed by atoms with E-state index in [-0.39, 0.29) is 44.7 Å². The quantitative estimate of drug-likeness (QED) is 0.128. The lowest BCUT2D eigenvalue weighted by atomic mass is 9.33. The van der Waals surface area contributed by atoms with Gasteiger partial charge < -0.3 is 23.2 Å². The third-order valence-electron chi connectivity index (χ3n) is 23.9. The molecule has 0 saturated heterocycles. The minimum Gasteiger partial charge on any atom is -0.456 e. The zero-order valence-electron chi connectivity index (χ0n) is 69.0. The van der Waals surface area contributed by atoms with Crippen molar-refractivity contribution >= 4 is 123 Å². The van der Waals surface area contributed by atoms with Crippen LogP contribution in [-0.4, -0.2) is 11.3 Å². The molecule has 1 aliphatic carbocycles. The molecule has 16 aromatic carbocycles. The van der Waals surface area contributed by atoms with Crippen molar-refractivity contribution in [3.8, 4) is 83.6 Å². The van der Waals surface area contributed by atoms with Gasteiger partial charge in [0.05, 0.1) is 33.4 Å². The summed E-state index contributed by atoms with van der Waals surface area (Å²) in [6.07, 6.45) is 2.11. The van der Waals surface area contributed by atoms with E-state index in [0.29, 0.717) is 5.69 Å². The Kier molecular flexibility index (Phi) is 12.5. The van der Waals surface area contributed by atoms with Gasteiger partial charge in [0, 0.05) is 88.6 Å². The van der Waals surface area contributed by atoms with Crippen LogP contribution in [0.15, 0.2) is 360 Å². The van der Waals surface area contributed by atoms with E-state index in [4.69, 9.17) is 11.6 Å². The minimum atomic E-state index is -0.556. The second-order valence-electron chi connectivity index (χ2n) is 31.0. The average molecular weight is 1420 g/mol. The maximum absolute atomic E-state index is 9.93. The van der Waals surface area contributed by atoms with Crippen molar-refractivity contribution in [2.45, 2.75) is 51.4 Å². The van der Waals surface area contributed by atoms with Gasteiger partial charge in [-0.25, -0.2) is 0 Å². The second-order valence-corrected chi connectivity index (χ2v) is 31.0. The van der Waals surface area contributed by atoms with Crippen molar-refractivity contribution < 1.29 is 19.8 Å². The van der Waals surface area contributed by atoms with Crippen molar-refractivity contribution in [1.82, 2.24) is 4.57 Å². The average Bonchev–Trinajstić information content (AvgIpc) is 1.36. The molecule has 3 aliphatic rings. The maximum Gasteiger partial charge on any atom is 0.252 e. The summed E-state index contributed by atoms with van der Waals surface area (Å²) in [5.74, 6) is 0. The molecule has 0 fully saturated rings. The summed E-state index contributed by atoms with van der Waals surface area (Å²) in [4.78, 5) is 5.00. The van der Waals surface area contributed by atoms with Crippen LogP contribution in [0.25, 0.3) is 149 Å². The van der Waals surface area contributed by atoms with E-state index < -0.39 is 43.0 Å². The molecular formula is C104H74BN3O2. The Bertz CT molecular complexity index is 7310. The van der Waals surface area contributed by atoms with Crippen LogP contribution in [-0.2, 0) is 10.8 Å². The molecule has 110 heavy (non-hydrogen) atoms. The molecular weight excluding hydrogens is 1330 g/mol. The number of anilines is 6. The third-order valence-corrected chi connectivity index (χ3v) is 23.9. The number of furan rings is 2. The second kappa shape index (κ2) is 24.6. The van der Waals surface area contributed by atoms with Crippen LogP contribution < -0.4 is 26.2 Å². The Labute approximate surface area is 651 Å². The number of rotatable bonds is 10. The number of hydrogen-bond acceptors (Lipinski definition) is 4. The predicted molar refractivity (Wildman–Crippen MR) is 463 cm³/mol. The van der Waals surface area contributed by atoms with E-state index in [1.54, 1.807) is 4.57 Å². The summed E-state index contributed by atoms with van der Waals surface area (Å²) in [5, 5.41) is 3.97. The first-order chi connectivity index (χ1) is 57.4. The molecule has 0 saturated carbocycles.